The first-order chi connectivity index (χ1) is 8.99. The fraction of sp³-hybridized carbons (Fsp3) is 0.385. The molecule has 0 aromatic heterocycles. The van der Waals surface area contributed by atoms with Crippen molar-refractivity contribution in [2.45, 2.75) is 17.9 Å². The molecule has 1 atom stereocenters. The van der Waals surface area contributed by atoms with Gasteiger partial charge in [0.25, 0.3) is 0 Å². The molecule has 1 aromatic carbocycles. The molecule has 0 aliphatic heterocycles. The van der Waals surface area contributed by atoms with Crippen LogP contribution in [0.25, 0.3) is 0 Å². The van der Waals surface area contributed by atoms with E-state index in [0.717, 1.165) is 0 Å². The van der Waals surface area contributed by atoms with Gasteiger partial charge in [0.2, 0.25) is 10.0 Å². The molecular weight excluding hydrogens is 266 g/mol. The average Bonchev–Trinajstić information content (AvgIpc) is 2.43. The summed E-state index contributed by atoms with van der Waals surface area (Å²) >= 11 is 0. The zero-order chi connectivity index (χ0) is 14.3. The van der Waals surface area contributed by atoms with E-state index in [2.05, 4.69) is 16.6 Å². The van der Waals surface area contributed by atoms with E-state index in [1.807, 2.05) is 0 Å². The average molecular weight is 283 g/mol. The van der Waals surface area contributed by atoms with E-state index in [0.29, 0.717) is 5.56 Å². The lowest BCUT2D eigenvalue weighted by atomic mass is 10.2. The first kappa shape index (κ1) is 15.7. The quantitative estimate of drug-likeness (QED) is 0.764. The van der Waals surface area contributed by atoms with Gasteiger partial charge < -0.3 is 9.84 Å². The number of nitrogens with one attached hydrogen (secondary N) is 1. The standard InChI is InChI=1S/C13H17NO4S/c1-11(18-2)10-14-19(16,17)13-7-5-12(6-8-13)4-3-9-15/h5-8,11,14-15H,9-10H2,1-2H3. The molecule has 5 nitrogen and oxygen atoms in total. The molecule has 0 aliphatic carbocycles. The number of hydrogen-bond acceptors (Lipinski definition) is 4. The Labute approximate surface area is 113 Å². The van der Waals surface area contributed by atoms with Crippen LogP contribution in [-0.2, 0) is 14.8 Å². The number of rotatable bonds is 5. The molecular formula is C13H17NO4S. The van der Waals surface area contributed by atoms with Crippen LogP contribution in [0.15, 0.2) is 29.2 Å². The highest BCUT2D eigenvalue weighted by Crippen LogP contribution is 2.10. The number of sulfonamides is 1. The van der Waals surface area contributed by atoms with Gasteiger partial charge >= 0.3 is 0 Å². The van der Waals surface area contributed by atoms with Gasteiger partial charge in [-0.3, -0.25) is 0 Å². The molecule has 0 bridgehead atoms. The first-order valence-corrected chi connectivity index (χ1v) is 7.20. The van der Waals surface area contributed by atoms with E-state index in [4.69, 9.17) is 9.84 Å². The van der Waals surface area contributed by atoms with E-state index in [-0.39, 0.29) is 24.2 Å². The van der Waals surface area contributed by atoms with Crippen LogP contribution in [-0.4, -0.2) is 39.9 Å². The summed E-state index contributed by atoms with van der Waals surface area (Å²) in [7, 11) is -2.01. The Morgan fingerprint density at radius 2 is 2.00 bits per heavy atom. The summed E-state index contributed by atoms with van der Waals surface area (Å²) in [6.45, 7) is 1.76. The van der Waals surface area contributed by atoms with Crippen molar-refractivity contribution in [3.8, 4) is 11.8 Å². The summed E-state index contributed by atoms with van der Waals surface area (Å²) < 4.78 is 31.3. The van der Waals surface area contributed by atoms with E-state index in [9.17, 15) is 8.42 Å². The van der Waals surface area contributed by atoms with E-state index < -0.39 is 10.0 Å². The summed E-state index contributed by atoms with van der Waals surface area (Å²) in [6.07, 6.45) is -0.190. The molecule has 6 heteroatoms. The van der Waals surface area contributed by atoms with Gasteiger partial charge in [-0.25, -0.2) is 13.1 Å². The van der Waals surface area contributed by atoms with Crippen LogP contribution in [0.2, 0.25) is 0 Å². The molecule has 0 heterocycles. The number of benzene rings is 1. The lowest BCUT2D eigenvalue weighted by molar-refractivity contribution is 0.122. The van der Waals surface area contributed by atoms with Crippen LogP contribution in [0.1, 0.15) is 12.5 Å². The highest BCUT2D eigenvalue weighted by Gasteiger charge is 2.14. The molecule has 0 saturated carbocycles. The monoisotopic (exact) mass is 283 g/mol. The summed E-state index contributed by atoms with van der Waals surface area (Å²) in [6, 6.07) is 6.14. The zero-order valence-electron chi connectivity index (χ0n) is 10.9. The first-order valence-electron chi connectivity index (χ1n) is 5.72. The number of aliphatic hydroxyl groups excluding tert-OH is 1. The van der Waals surface area contributed by atoms with Gasteiger partial charge in [-0.1, -0.05) is 11.8 Å². The number of ether oxygens (including phenoxy) is 1. The number of methoxy groups -OCH3 is 1. The second-order valence-electron chi connectivity index (χ2n) is 3.88. The van der Waals surface area contributed by atoms with Crippen molar-refractivity contribution in [3.63, 3.8) is 0 Å². The van der Waals surface area contributed by atoms with Crippen molar-refractivity contribution in [1.29, 1.82) is 0 Å². The minimum absolute atomic E-state index is 0.172. The van der Waals surface area contributed by atoms with Gasteiger partial charge in [0.15, 0.2) is 0 Å². The van der Waals surface area contributed by atoms with E-state index in [1.165, 1.54) is 19.2 Å². The lowest BCUT2D eigenvalue weighted by Gasteiger charge is -2.11. The molecule has 0 amide bonds. The Morgan fingerprint density at radius 3 is 2.53 bits per heavy atom. The normalized spacial score (nSPS) is 12.6. The Morgan fingerprint density at radius 1 is 1.37 bits per heavy atom. The van der Waals surface area contributed by atoms with E-state index in [1.54, 1.807) is 19.1 Å². The lowest BCUT2D eigenvalue weighted by Crippen LogP contribution is -2.31. The minimum atomic E-state index is -3.53. The predicted molar refractivity (Wildman–Crippen MR) is 72.1 cm³/mol. The van der Waals surface area contributed by atoms with Crippen molar-refractivity contribution < 1.29 is 18.3 Å². The summed E-state index contributed by atoms with van der Waals surface area (Å²) in [5.74, 6) is 5.19. The molecule has 0 fully saturated rings. The third-order valence-corrected chi connectivity index (χ3v) is 3.88. The fourth-order valence-corrected chi connectivity index (χ4v) is 2.37. The van der Waals surface area contributed by atoms with Crippen LogP contribution in [0.5, 0.6) is 0 Å². The second-order valence-corrected chi connectivity index (χ2v) is 5.65. The van der Waals surface area contributed by atoms with Crippen LogP contribution in [0, 0.1) is 11.8 Å². The third-order valence-electron chi connectivity index (χ3n) is 2.44. The van der Waals surface area contributed by atoms with Crippen LogP contribution >= 0.6 is 0 Å². The van der Waals surface area contributed by atoms with Crippen LogP contribution in [0.4, 0.5) is 0 Å². The van der Waals surface area contributed by atoms with Gasteiger partial charge in [-0.15, -0.1) is 0 Å². The highest BCUT2D eigenvalue weighted by atomic mass is 32.2. The predicted octanol–water partition coefficient (Wildman–Crippen LogP) is 0.344. The van der Waals surface area contributed by atoms with Gasteiger partial charge in [-0.05, 0) is 31.2 Å². The van der Waals surface area contributed by atoms with Gasteiger partial charge in [0.1, 0.15) is 6.61 Å². The summed E-state index contributed by atoms with van der Waals surface area (Å²) in [5.41, 5.74) is 0.651. The summed E-state index contributed by atoms with van der Waals surface area (Å²) in [5, 5.41) is 8.57. The molecule has 104 valence electrons. The van der Waals surface area contributed by atoms with Gasteiger partial charge in [-0.2, -0.15) is 0 Å². The minimum Gasteiger partial charge on any atom is -0.384 e. The van der Waals surface area contributed by atoms with Crippen molar-refractivity contribution >= 4 is 10.0 Å². The second kappa shape index (κ2) is 7.26. The van der Waals surface area contributed by atoms with Crippen molar-refractivity contribution in [2.75, 3.05) is 20.3 Å². The summed E-state index contributed by atoms with van der Waals surface area (Å²) in [4.78, 5) is 0.172. The Bertz CT molecular complexity index is 555. The number of hydrogen-bond donors (Lipinski definition) is 2. The molecule has 1 aromatic rings. The van der Waals surface area contributed by atoms with Crippen molar-refractivity contribution in [1.82, 2.24) is 4.72 Å². The molecule has 1 rings (SSSR count). The molecule has 0 saturated heterocycles. The SMILES string of the molecule is COC(C)CNS(=O)(=O)c1ccc(C#CCO)cc1. The van der Waals surface area contributed by atoms with Crippen molar-refractivity contribution in [2.24, 2.45) is 0 Å². The van der Waals surface area contributed by atoms with Gasteiger partial charge in [0, 0.05) is 19.2 Å². The maximum atomic E-state index is 11.9. The molecule has 0 spiro atoms. The molecule has 0 radical (unpaired) electrons. The molecule has 2 N–H and O–H groups in total. The molecule has 19 heavy (non-hydrogen) atoms. The Balaban J connectivity index is 2.79. The maximum Gasteiger partial charge on any atom is 0.240 e. The van der Waals surface area contributed by atoms with Gasteiger partial charge in [0.05, 0.1) is 11.0 Å². The van der Waals surface area contributed by atoms with Crippen molar-refractivity contribution in [3.05, 3.63) is 29.8 Å². The topological polar surface area (TPSA) is 75.6 Å². The Hall–Kier alpha value is -1.39. The fourth-order valence-electron chi connectivity index (χ4n) is 1.25. The van der Waals surface area contributed by atoms with Crippen LogP contribution in [0.3, 0.4) is 0 Å². The Kier molecular flexibility index (Phi) is 5.99. The van der Waals surface area contributed by atoms with E-state index >= 15 is 0 Å². The maximum absolute atomic E-state index is 11.9. The third kappa shape index (κ3) is 5.01. The highest BCUT2D eigenvalue weighted by molar-refractivity contribution is 7.89. The smallest absolute Gasteiger partial charge is 0.240 e. The molecule has 1 unspecified atom stereocenters. The number of aliphatic hydroxyl groups is 1. The molecule has 0 aliphatic rings. The largest absolute Gasteiger partial charge is 0.384 e. The van der Waals surface area contributed by atoms with Crippen LogP contribution < -0.4 is 4.72 Å². The zero-order valence-corrected chi connectivity index (χ0v) is 11.7.